The van der Waals surface area contributed by atoms with Gasteiger partial charge in [0.1, 0.15) is 12.0 Å². The second-order valence-electron chi connectivity index (χ2n) is 4.13. The van der Waals surface area contributed by atoms with Crippen LogP contribution in [0, 0.1) is 0 Å². The fourth-order valence-corrected chi connectivity index (χ4v) is 2.11. The molecule has 0 bridgehead atoms. The van der Waals surface area contributed by atoms with Crippen molar-refractivity contribution < 1.29 is 0 Å². The van der Waals surface area contributed by atoms with Crippen LogP contribution in [-0.2, 0) is 0 Å². The third kappa shape index (κ3) is 2.41. The predicted molar refractivity (Wildman–Crippen MR) is 70.3 cm³/mol. The van der Waals surface area contributed by atoms with E-state index in [0.29, 0.717) is 11.5 Å². The number of anilines is 3. The first-order chi connectivity index (χ1) is 8.26. The van der Waals surface area contributed by atoms with E-state index in [1.165, 1.54) is 0 Å². The van der Waals surface area contributed by atoms with Crippen molar-refractivity contribution in [2.24, 2.45) is 0 Å². The zero-order chi connectivity index (χ0) is 12.3. The van der Waals surface area contributed by atoms with Crippen molar-refractivity contribution >= 4 is 17.3 Å². The van der Waals surface area contributed by atoms with Crippen LogP contribution >= 0.6 is 0 Å². The highest BCUT2D eigenvalue weighted by molar-refractivity contribution is 5.74. The Morgan fingerprint density at radius 2 is 2.00 bits per heavy atom. The molecule has 3 N–H and O–H groups in total. The van der Waals surface area contributed by atoms with Crippen LogP contribution in [0.5, 0.6) is 0 Å². The summed E-state index contributed by atoms with van der Waals surface area (Å²) in [6.45, 7) is 7.36. The Balaban J connectivity index is 2.13. The standard InChI is InChI=1S/C11H20N6/c1-3-16-4-6-17(7-5-16)11-9(12)10(13-2)14-8-15-11/h8H,3-7,12H2,1-2H3,(H,13,14,15). The molecule has 0 unspecified atom stereocenters. The molecule has 1 aliphatic rings. The normalized spacial score (nSPS) is 17.2. The van der Waals surface area contributed by atoms with Crippen LogP contribution in [0.1, 0.15) is 6.92 Å². The summed E-state index contributed by atoms with van der Waals surface area (Å²) in [7, 11) is 1.82. The monoisotopic (exact) mass is 236 g/mol. The number of hydrogen-bond donors (Lipinski definition) is 2. The molecule has 0 aliphatic carbocycles. The Morgan fingerprint density at radius 1 is 1.29 bits per heavy atom. The van der Waals surface area contributed by atoms with Gasteiger partial charge in [-0.25, -0.2) is 9.97 Å². The molecule has 0 spiro atoms. The molecule has 1 aromatic rings. The van der Waals surface area contributed by atoms with E-state index in [4.69, 9.17) is 5.73 Å². The van der Waals surface area contributed by atoms with Crippen molar-refractivity contribution in [2.45, 2.75) is 6.92 Å². The zero-order valence-electron chi connectivity index (χ0n) is 10.5. The number of rotatable bonds is 3. The minimum absolute atomic E-state index is 0.639. The Kier molecular flexibility index (Phi) is 3.63. The van der Waals surface area contributed by atoms with Gasteiger partial charge >= 0.3 is 0 Å². The number of piperazine rings is 1. The summed E-state index contributed by atoms with van der Waals surface area (Å²) in [6, 6.07) is 0. The highest BCUT2D eigenvalue weighted by Gasteiger charge is 2.19. The molecule has 0 atom stereocenters. The smallest absolute Gasteiger partial charge is 0.157 e. The highest BCUT2D eigenvalue weighted by atomic mass is 15.3. The first-order valence-corrected chi connectivity index (χ1v) is 6.01. The quantitative estimate of drug-likeness (QED) is 0.783. The highest BCUT2D eigenvalue weighted by Crippen LogP contribution is 2.26. The second-order valence-corrected chi connectivity index (χ2v) is 4.13. The van der Waals surface area contributed by atoms with E-state index in [1.54, 1.807) is 6.33 Å². The number of nitrogens with zero attached hydrogens (tertiary/aromatic N) is 4. The Morgan fingerprint density at radius 3 is 2.59 bits per heavy atom. The van der Waals surface area contributed by atoms with Crippen LogP contribution in [0.15, 0.2) is 6.33 Å². The first kappa shape index (κ1) is 11.9. The molecule has 0 aromatic carbocycles. The lowest BCUT2D eigenvalue weighted by Gasteiger charge is -2.35. The summed E-state index contributed by atoms with van der Waals surface area (Å²) in [5.74, 6) is 1.55. The lowest BCUT2D eigenvalue weighted by Crippen LogP contribution is -2.46. The molecule has 0 amide bonds. The SMILES string of the molecule is CCN1CCN(c2ncnc(NC)c2N)CC1. The molecule has 0 radical (unpaired) electrons. The molecule has 1 aromatic heterocycles. The van der Waals surface area contributed by atoms with Gasteiger partial charge in [-0.1, -0.05) is 6.92 Å². The van der Waals surface area contributed by atoms with Crippen molar-refractivity contribution in [1.82, 2.24) is 14.9 Å². The van der Waals surface area contributed by atoms with Crippen molar-refractivity contribution in [3.05, 3.63) is 6.33 Å². The van der Waals surface area contributed by atoms with Crippen LogP contribution in [0.2, 0.25) is 0 Å². The van der Waals surface area contributed by atoms with Crippen molar-refractivity contribution in [1.29, 1.82) is 0 Å². The van der Waals surface area contributed by atoms with Crippen LogP contribution in [-0.4, -0.2) is 54.6 Å². The van der Waals surface area contributed by atoms with Gasteiger partial charge in [0.2, 0.25) is 0 Å². The lowest BCUT2D eigenvalue weighted by atomic mass is 10.3. The Bertz CT molecular complexity index is 372. The zero-order valence-corrected chi connectivity index (χ0v) is 10.5. The fraction of sp³-hybridized carbons (Fsp3) is 0.636. The molecule has 1 saturated heterocycles. The molecule has 94 valence electrons. The number of aromatic nitrogens is 2. The number of nitrogens with one attached hydrogen (secondary N) is 1. The van der Waals surface area contributed by atoms with E-state index >= 15 is 0 Å². The van der Waals surface area contributed by atoms with Crippen molar-refractivity contribution in [3.63, 3.8) is 0 Å². The van der Waals surface area contributed by atoms with Gasteiger partial charge in [0.05, 0.1) is 0 Å². The Labute approximate surface area is 102 Å². The van der Waals surface area contributed by atoms with Crippen molar-refractivity contribution in [2.75, 3.05) is 55.7 Å². The van der Waals surface area contributed by atoms with Crippen molar-refractivity contribution in [3.8, 4) is 0 Å². The average molecular weight is 236 g/mol. The molecular formula is C11H20N6. The van der Waals surface area contributed by atoms with E-state index in [0.717, 1.165) is 38.5 Å². The van der Waals surface area contributed by atoms with Gasteiger partial charge in [-0.05, 0) is 6.54 Å². The minimum atomic E-state index is 0.639. The maximum absolute atomic E-state index is 6.05. The molecule has 1 aliphatic heterocycles. The van der Waals surface area contributed by atoms with Gasteiger partial charge in [0, 0.05) is 33.2 Å². The molecular weight excluding hydrogens is 216 g/mol. The third-order valence-electron chi connectivity index (χ3n) is 3.22. The van der Waals surface area contributed by atoms with E-state index in [9.17, 15) is 0 Å². The predicted octanol–water partition coefficient (Wildman–Crippen LogP) is 0.242. The maximum Gasteiger partial charge on any atom is 0.157 e. The molecule has 1 fully saturated rings. The maximum atomic E-state index is 6.05. The molecule has 17 heavy (non-hydrogen) atoms. The summed E-state index contributed by atoms with van der Waals surface area (Å²) in [5.41, 5.74) is 6.69. The van der Waals surface area contributed by atoms with E-state index < -0.39 is 0 Å². The number of nitrogens with two attached hydrogens (primary N) is 1. The molecule has 6 heteroatoms. The summed E-state index contributed by atoms with van der Waals surface area (Å²) < 4.78 is 0. The summed E-state index contributed by atoms with van der Waals surface area (Å²) in [5, 5.41) is 2.98. The lowest BCUT2D eigenvalue weighted by molar-refractivity contribution is 0.270. The van der Waals surface area contributed by atoms with Crippen LogP contribution in [0.4, 0.5) is 17.3 Å². The summed E-state index contributed by atoms with van der Waals surface area (Å²) in [4.78, 5) is 13.0. The second kappa shape index (κ2) is 5.18. The molecule has 2 heterocycles. The molecule has 0 saturated carbocycles. The number of likely N-dealkylation sites (N-methyl/N-ethyl adjacent to an activating group) is 1. The van der Waals surface area contributed by atoms with Crippen LogP contribution < -0.4 is 16.0 Å². The fourth-order valence-electron chi connectivity index (χ4n) is 2.11. The molecule has 2 rings (SSSR count). The summed E-state index contributed by atoms with van der Waals surface area (Å²) in [6.07, 6.45) is 1.56. The Hall–Kier alpha value is -1.56. The van der Waals surface area contributed by atoms with Crippen LogP contribution in [0.3, 0.4) is 0 Å². The minimum Gasteiger partial charge on any atom is -0.393 e. The largest absolute Gasteiger partial charge is 0.393 e. The van der Waals surface area contributed by atoms with Gasteiger partial charge in [-0.2, -0.15) is 0 Å². The van der Waals surface area contributed by atoms with Gasteiger partial charge in [-0.15, -0.1) is 0 Å². The number of nitrogen functional groups attached to an aromatic ring is 1. The van der Waals surface area contributed by atoms with Gasteiger partial charge < -0.3 is 20.9 Å². The average Bonchev–Trinajstić information content (AvgIpc) is 2.39. The van der Waals surface area contributed by atoms with Gasteiger partial charge in [-0.3, -0.25) is 0 Å². The topological polar surface area (TPSA) is 70.3 Å². The van der Waals surface area contributed by atoms with E-state index in [1.807, 2.05) is 7.05 Å². The third-order valence-corrected chi connectivity index (χ3v) is 3.22. The van der Waals surface area contributed by atoms with E-state index in [-0.39, 0.29) is 0 Å². The first-order valence-electron chi connectivity index (χ1n) is 6.01. The van der Waals surface area contributed by atoms with Gasteiger partial charge in [0.15, 0.2) is 11.6 Å². The number of hydrogen-bond acceptors (Lipinski definition) is 6. The van der Waals surface area contributed by atoms with Crippen LogP contribution in [0.25, 0.3) is 0 Å². The summed E-state index contributed by atoms with van der Waals surface area (Å²) >= 11 is 0. The van der Waals surface area contributed by atoms with E-state index in [2.05, 4.69) is 32.0 Å². The molecule has 6 nitrogen and oxygen atoms in total. The van der Waals surface area contributed by atoms with Gasteiger partial charge in [0.25, 0.3) is 0 Å².